The molecule has 8 nitrogen and oxygen atoms in total. The number of alkyl halides is 3. The van der Waals surface area contributed by atoms with E-state index in [0.717, 1.165) is 5.56 Å². The monoisotopic (exact) mass is 572 g/mol. The van der Waals surface area contributed by atoms with Crippen molar-refractivity contribution < 1.29 is 41.7 Å². The summed E-state index contributed by atoms with van der Waals surface area (Å²) in [5.41, 5.74) is 14.3. The summed E-state index contributed by atoms with van der Waals surface area (Å²) < 4.78 is 58.0. The third-order valence-electron chi connectivity index (χ3n) is 5.69. The lowest BCUT2D eigenvalue weighted by Crippen LogP contribution is -2.09. The minimum absolute atomic E-state index is 0.0182. The summed E-state index contributed by atoms with van der Waals surface area (Å²) >= 11 is 0. The van der Waals surface area contributed by atoms with Gasteiger partial charge in [-0.3, -0.25) is 0 Å². The van der Waals surface area contributed by atoms with Crippen molar-refractivity contribution in [3.8, 4) is 17.2 Å². The fourth-order valence-electron chi connectivity index (χ4n) is 3.71. The first-order chi connectivity index (χ1) is 19.5. The molecule has 3 aromatic rings. The lowest BCUT2D eigenvalue weighted by molar-refractivity contribution is -0.138. The van der Waals surface area contributed by atoms with Crippen LogP contribution in [0.4, 0.5) is 24.5 Å². The lowest BCUT2D eigenvalue weighted by atomic mass is 10.1. The van der Waals surface area contributed by atoms with Crippen molar-refractivity contribution in [1.29, 1.82) is 0 Å². The number of unbranched alkanes of at least 4 members (excludes halogenated alkanes) is 1. The summed E-state index contributed by atoms with van der Waals surface area (Å²) in [7, 11) is 1.42. The van der Waals surface area contributed by atoms with E-state index in [9.17, 15) is 22.8 Å². The first kappa shape index (κ1) is 30.9. The number of carbonyl (C=O) groups is 2. The number of nitrogen functional groups attached to an aromatic ring is 2. The van der Waals surface area contributed by atoms with E-state index >= 15 is 0 Å². The van der Waals surface area contributed by atoms with Crippen molar-refractivity contribution in [3.63, 3.8) is 0 Å². The second kappa shape index (κ2) is 14.6. The topological polar surface area (TPSA) is 123 Å². The van der Waals surface area contributed by atoms with Crippen LogP contribution >= 0.6 is 0 Å². The van der Waals surface area contributed by atoms with Crippen molar-refractivity contribution in [2.45, 2.75) is 31.9 Å². The molecule has 0 fully saturated rings. The normalized spacial score (nSPS) is 11.3. The highest BCUT2D eigenvalue weighted by Crippen LogP contribution is 2.30. The molecule has 0 aliphatic rings. The summed E-state index contributed by atoms with van der Waals surface area (Å²) in [5, 5.41) is 0. The number of benzene rings is 3. The summed E-state index contributed by atoms with van der Waals surface area (Å²) in [5.74, 6) is -0.315. The van der Waals surface area contributed by atoms with Crippen molar-refractivity contribution in [2.75, 3.05) is 31.8 Å². The van der Waals surface area contributed by atoms with Crippen LogP contribution in [-0.2, 0) is 16.0 Å². The SMILES string of the molecule is COc1cc(/C=C/C(=O)OCCc2cc(N)cc(N)c2)ccc1OC(=O)c1ccc(OCCCCC(F)(F)F)cc1. The number of hydrogen-bond donors (Lipinski definition) is 2. The maximum Gasteiger partial charge on any atom is 0.389 e. The van der Waals surface area contributed by atoms with E-state index in [1.54, 1.807) is 30.3 Å². The van der Waals surface area contributed by atoms with Gasteiger partial charge in [0.15, 0.2) is 11.5 Å². The first-order valence-corrected chi connectivity index (χ1v) is 12.7. The molecule has 3 rings (SSSR count). The summed E-state index contributed by atoms with van der Waals surface area (Å²) in [6.45, 7) is 0.285. The number of halogens is 3. The molecule has 11 heteroatoms. The van der Waals surface area contributed by atoms with E-state index in [0.29, 0.717) is 29.1 Å². The summed E-state index contributed by atoms with van der Waals surface area (Å²) in [6, 6.07) is 16.0. The molecule has 0 aromatic heterocycles. The Balaban J connectivity index is 1.49. The van der Waals surface area contributed by atoms with Gasteiger partial charge in [0.2, 0.25) is 0 Å². The van der Waals surface area contributed by atoms with Gasteiger partial charge in [0, 0.05) is 30.3 Å². The molecule has 0 aliphatic heterocycles. The maximum absolute atomic E-state index is 12.6. The van der Waals surface area contributed by atoms with E-state index < -0.39 is 24.5 Å². The highest BCUT2D eigenvalue weighted by molar-refractivity contribution is 5.91. The Hall–Kier alpha value is -4.67. The minimum atomic E-state index is -4.18. The van der Waals surface area contributed by atoms with Gasteiger partial charge in [0.25, 0.3) is 0 Å². The Labute approximate surface area is 235 Å². The maximum atomic E-state index is 12.6. The predicted octanol–water partition coefficient (Wildman–Crippen LogP) is 5.99. The Bertz CT molecular complexity index is 1340. The van der Waals surface area contributed by atoms with Crippen LogP contribution in [0, 0.1) is 0 Å². The Morgan fingerprint density at radius 2 is 1.59 bits per heavy atom. The van der Waals surface area contributed by atoms with E-state index in [-0.39, 0.29) is 43.1 Å². The lowest BCUT2D eigenvalue weighted by Gasteiger charge is -2.11. The van der Waals surface area contributed by atoms with Crippen LogP contribution < -0.4 is 25.7 Å². The molecule has 0 unspecified atom stereocenters. The van der Waals surface area contributed by atoms with E-state index in [1.807, 2.05) is 0 Å². The van der Waals surface area contributed by atoms with Crippen LogP contribution in [0.1, 0.15) is 40.7 Å². The number of nitrogens with two attached hydrogens (primary N) is 2. The zero-order valence-electron chi connectivity index (χ0n) is 22.4. The van der Waals surface area contributed by atoms with Gasteiger partial charge < -0.3 is 30.4 Å². The zero-order chi connectivity index (χ0) is 29.8. The number of anilines is 2. The van der Waals surface area contributed by atoms with Crippen LogP contribution in [0.5, 0.6) is 17.2 Å². The van der Waals surface area contributed by atoms with Gasteiger partial charge in [-0.05, 0) is 84.6 Å². The van der Waals surface area contributed by atoms with Crippen molar-refractivity contribution in [3.05, 3.63) is 83.4 Å². The van der Waals surface area contributed by atoms with Crippen LogP contribution in [0.15, 0.2) is 66.7 Å². The van der Waals surface area contributed by atoms with Crippen molar-refractivity contribution in [2.24, 2.45) is 0 Å². The molecule has 0 saturated heterocycles. The Morgan fingerprint density at radius 1 is 0.878 bits per heavy atom. The van der Waals surface area contributed by atoms with Gasteiger partial charge in [-0.1, -0.05) is 6.07 Å². The smallest absolute Gasteiger partial charge is 0.389 e. The molecule has 0 atom stereocenters. The molecular weight excluding hydrogens is 541 g/mol. The fourth-order valence-corrected chi connectivity index (χ4v) is 3.71. The molecule has 0 aliphatic carbocycles. The minimum Gasteiger partial charge on any atom is -0.494 e. The zero-order valence-corrected chi connectivity index (χ0v) is 22.4. The number of rotatable bonds is 13. The van der Waals surface area contributed by atoms with Crippen LogP contribution in [0.2, 0.25) is 0 Å². The second-order valence-electron chi connectivity index (χ2n) is 9.00. The summed E-state index contributed by atoms with van der Waals surface area (Å²) in [6.07, 6.45) is -1.51. The van der Waals surface area contributed by atoms with Crippen LogP contribution in [0.3, 0.4) is 0 Å². The molecule has 3 aromatic carbocycles. The summed E-state index contributed by atoms with van der Waals surface area (Å²) in [4.78, 5) is 24.7. The number of hydrogen-bond acceptors (Lipinski definition) is 8. The highest BCUT2D eigenvalue weighted by Gasteiger charge is 2.25. The van der Waals surface area contributed by atoms with Gasteiger partial charge in [-0.25, -0.2) is 9.59 Å². The quantitative estimate of drug-likeness (QED) is 0.0842. The number of esters is 2. The average molecular weight is 573 g/mol. The van der Waals surface area contributed by atoms with Gasteiger partial charge >= 0.3 is 18.1 Å². The number of carbonyl (C=O) groups excluding carboxylic acids is 2. The third-order valence-corrected chi connectivity index (χ3v) is 5.69. The van der Waals surface area contributed by atoms with Crippen molar-refractivity contribution >= 4 is 29.4 Å². The number of ether oxygens (including phenoxy) is 4. The van der Waals surface area contributed by atoms with E-state index in [1.165, 1.54) is 49.6 Å². The van der Waals surface area contributed by atoms with Gasteiger partial charge in [0.1, 0.15) is 5.75 Å². The molecular formula is C30H31F3N2O6. The van der Waals surface area contributed by atoms with E-state index in [4.69, 9.17) is 30.4 Å². The molecule has 41 heavy (non-hydrogen) atoms. The highest BCUT2D eigenvalue weighted by atomic mass is 19.4. The standard InChI is InChI=1S/C30H31F3N2O6/c1-38-27-18-20(5-11-28(36)40-15-12-21-16-23(34)19-24(35)17-21)4-10-26(27)41-29(37)22-6-8-25(9-7-22)39-14-3-2-13-30(31,32)33/h4-11,16-19H,2-3,12-15,34-35H2,1H3/b11-5+. The molecule has 4 N–H and O–H groups in total. The molecule has 0 heterocycles. The van der Waals surface area contributed by atoms with Crippen LogP contribution in [-0.4, -0.2) is 38.4 Å². The van der Waals surface area contributed by atoms with Crippen molar-refractivity contribution in [1.82, 2.24) is 0 Å². The van der Waals surface area contributed by atoms with Gasteiger partial charge in [-0.15, -0.1) is 0 Å². The molecule has 0 bridgehead atoms. The van der Waals surface area contributed by atoms with Crippen LogP contribution in [0.25, 0.3) is 6.08 Å². The molecule has 218 valence electrons. The molecule has 0 amide bonds. The van der Waals surface area contributed by atoms with Gasteiger partial charge in [0.05, 0.1) is 25.9 Å². The van der Waals surface area contributed by atoms with Gasteiger partial charge in [-0.2, -0.15) is 13.2 Å². The fraction of sp³-hybridized carbons (Fsp3) is 0.267. The number of methoxy groups -OCH3 is 1. The van der Waals surface area contributed by atoms with E-state index in [2.05, 4.69) is 0 Å². The predicted molar refractivity (Wildman–Crippen MR) is 149 cm³/mol. The molecule has 0 saturated carbocycles. The molecule has 0 spiro atoms. The molecule has 0 radical (unpaired) electrons. The second-order valence-corrected chi connectivity index (χ2v) is 9.00. The third kappa shape index (κ3) is 10.8. The Morgan fingerprint density at radius 3 is 2.24 bits per heavy atom. The first-order valence-electron chi connectivity index (χ1n) is 12.7. The average Bonchev–Trinajstić information content (AvgIpc) is 2.91. The Kier molecular flexibility index (Phi) is 11.0. The largest absolute Gasteiger partial charge is 0.494 e.